The summed E-state index contributed by atoms with van der Waals surface area (Å²) < 4.78 is 4.83. The number of ether oxygens (including phenoxy) is 1. The Balaban J connectivity index is 2.32. The first-order valence-electron chi connectivity index (χ1n) is 7.05. The van der Waals surface area contributed by atoms with E-state index in [4.69, 9.17) is 27.9 Å². The summed E-state index contributed by atoms with van der Waals surface area (Å²) in [6.07, 6.45) is -0.0164. The van der Waals surface area contributed by atoms with Crippen molar-refractivity contribution in [2.45, 2.75) is 19.3 Å². The van der Waals surface area contributed by atoms with Crippen LogP contribution in [0.2, 0.25) is 10.0 Å². The van der Waals surface area contributed by atoms with E-state index in [1.54, 1.807) is 30.3 Å². The second kappa shape index (κ2) is 7.62. The molecule has 2 rings (SSSR count). The van der Waals surface area contributed by atoms with Gasteiger partial charge in [0.25, 0.3) is 0 Å². The Bertz CT molecular complexity index is 741. The molecule has 2 aromatic rings. The molecule has 0 radical (unpaired) electrons. The molecular formula is C18H16Cl2O3. The van der Waals surface area contributed by atoms with Crippen LogP contribution in [-0.2, 0) is 9.53 Å². The van der Waals surface area contributed by atoms with E-state index in [1.807, 2.05) is 19.1 Å². The van der Waals surface area contributed by atoms with Gasteiger partial charge in [-0.1, -0.05) is 53.0 Å². The summed E-state index contributed by atoms with van der Waals surface area (Å²) in [7, 11) is 1.29. The van der Waals surface area contributed by atoms with Gasteiger partial charge in [0.2, 0.25) is 0 Å². The van der Waals surface area contributed by atoms with Gasteiger partial charge in [0.15, 0.2) is 5.78 Å². The first-order chi connectivity index (χ1) is 10.9. The Morgan fingerprint density at radius 3 is 2.48 bits per heavy atom. The standard InChI is InChI=1S/C18H16Cl2O3/c1-11-4-3-5-12(8-11)17(21)10-15(18(22)23-2)14-7-6-13(19)9-16(14)20/h3-9,15H,10H2,1-2H3/t15-/m0/s1. The molecule has 5 heteroatoms. The van der Waals surface area contributed by atoms with E-state index in [0.29, 0.717) is 21.2 Å². The number of methoxy groups -OCH3 is 1. The summed E-state index contributed by atoms with van der Waals surface area (Å²) in [4.78, 5) is 24.6. The Morgan fingerprint density at radius 1 is 1.13 bits per heavy atom. The van der Waals surface area contributed by atoms with E-state index in [9.17, 15) is 9.59 Å². The van der Waals surface area contributed by atoms with E-state index < -0.39 is 11.9 Å². The van der Waals surface area contributed by atoms with Crippen LogP contribution in [0.3, 0.4) is 0 Å². The zero-order chi connectivity index (χ0) is 17.0. The summed E-state index contributed by atoms with van der Waals surface area (Å²) >= 11 is 12.1. The van der Waals surface area contributed by atoms with Gasteiger partial charge in [-0.2, -0.15) is 0 Å². The Kier molecular flexibility index (Phi) is 5.80. The number of esters is 1. The minimum atomic E-state index is -0.766. The van der Waals surface area contributed by atoms with Gasteiger partial charge in [-0.15, -0.1) is 0 Å². The minimum Gasteiger partial charge on any atom is -0.469 e. The van der Waals surface area contributed by atoms with Gasteiger partial charge in [0.1, 0.15) is 0 Å². The van der Waals surface area contributed by atoms with Crippen molar-refractivity contribution in [1.29, 1.82) is 0 Å². The predicted octanol–water partition coefficient (Wildman–Crippen LogP) is 4.83. The Labute approximate surface area is 145 Å². The van der Waals surface area contributed by atoms with E-state index in [-0.39, 0.29) is 12.2 Å². The van der Waals surface area contributed by atoms with Crippen molar-refractivity contribution in [3.8, 4) is 0 Å². The summed E-state index contributed by atoms with van der Waals surface area (Å²) in [5.74, 6) is -1.41. The van der Waals surface area contributed by atoms with Gasteiger partial charge in [-0.3, -0.25) is 9.59 Å². The zero-order valence-corrected chi connectivity index (χ0v) is 14.3. The fourth-order valence-corrected chi connectivity index (χ4v) is 2.91. The van der Waals surface area contributed by atoms with Gasteiger partial charge in [0.05, 0.1) is 13.0 Å². The third-order valence-corrected chi connectivity index (χ3v) is 4.12. The summed E-state index contributed by atoms with van der Waals surface area (Å²) in [5, 5.41) is 0.803. The molecule has 1 atom stereocenters. The minimum absolute atomic E-state index is 0.0164. The maximum atomic E-state index is 12.5. The average molecular weight is 351 g/mol. The lowest BCUT2D eigenvalue weighted by molar-refractivity contribution is -0.142. The highest BCUT2D eigenvalue weighted by Gasteiger charge is 2.27. The van der Waals surface area contributed by atoms with Crippen LogP contribution in [0.4, 0.5) is 0 Å². The SMILES string of the molecule is COC(=O)[C@@H](CC(=O)c1cccc(C)c1)c1ccc(Cl)cc1Cl. The Morgan fingerprint density at radius 2 is 1.87 bits per heavy atom. The van der Waals surface area contributed by atoms with Crippen LogP contribution in [0.25, 0.3) is 0 Å². The van der Waals surface area contributed by atoms with Crippen molar-refractivity contribution < 1.29 is 14.3 Å². The molecule has 0 aliphatic carbocycles. The molecular weight excluding hydrogens is 335 g/mol. The molecule has 0 aliphatic rings. The molecule has 0 saturated carbocycles. The highest BCUT2D eigenvalue weighted by molar-refractivity contribution is 6.35. The number of rotatable bonds is 5. The molecule has 0 fully saturated rings. The monoisotopic (exact) mass is 350 g/mol. The molecule has 3 nitrogen and oxygen atoms in total. The lowest BCUT2D eigenvalue weighted by Crippen LogP contribution is -2.18. The smallest absolute Gasteiger partial charge is 0.313 e. The highest BCUT2D eigenvalue weighted by Crippen LogP contribution is 2.31. The van der Waals surface area contributed by atoms with Crippen molar-refractivity contribution in [2.24, 2.45) is 0 Å². The van der Waals surface area contributed by atoms with E-state index in [2.05, 4.69) is 0 Å². The molecule has 0 amide bonds. The van der Waals surface area contributed by atoms with Crippen molar-refractivity contribution in [2.75, 3.05) is 7.11 Å². The Hall–Kier alpha value is -1.84. The van der Waals surface area contributed by atoms with Crippen LogP contribution >= 0.6 is 23.2 Å². The molecule has 0 aromatic heterocycles. The number of hydrogen-bond acceptors (Lipinski definition) is 3. The fraction of sp³-hybridized carbons (Fsp3) is 0.222. The molecule has 0 saturated heterocycles. The van der Waals surface area contributed by atoms with Crippen LogP contribution in [0.5, 0.6) is 0 Å². The summed E-state index contributed by atoms with van der Waals surface area (Å²) in [6.45, 7) is 1.91. The van der Waals surface area contributed by atoms with Crippen LogP contribution in [0, 0.1) is 6.92 Å². The molecule has 0 spiro atoms. The van der Waals surface area contributed by atoms with E-state index >= 15 is 0 Å². The molecule has 0 bridgehead atoms. The van der Waals surface area contributed by atoms with Gasteiger partial charge in [-0.25, -0.2) is 0 Å². The first kappa shape index (κ1) is 17.5. The van der Waals surface area contributed by atoms with Crippen molar-refractivity contribution in [3.63, 3.8) is 0 Å². The van der Waals surface area contributed by atoms with Crippen LogP contribution in [0.15, 0.2) is 42.5 Å². The summed E-state index contributed by atoms with van der Waals surface area (Å²) in [6, 6.07) is 12.1. The number of benzene rings is 2. The van der Waals surface area contributed by atoms with Crippen LogP contribution in [0.1, 0.15) is 33.8 Å². The second-order valence-electron chi connectivity index (χ2n) is 5.24. The normalized spacial score (nSPS) is 11.8. The van der Waals surface area contributed by atoms with Crippen LogP contribution < -0.4 is 0 Å². The third-order valence-electron chi connectivity index (χ3n) is 3.55. The van der Waals surface area contributed by atoms with E-state index in [0.717, 1.165) is 5.56 Å². The van der Waals surface area contributed by atoms with Crippen molar-refractivity contribution in [1.82, 2.24) is 0 Å². The lowest BCUT2D eigenvalue weighted by Gasteiger charge is -2.16. The fourth-order valence-electron chi connectivity index (χ4n) is 2.37. The third kappa shape index (κ3) is 4.34. The molecule has 2 aromatic carbocycles. The van der Waals surface area contributed by atoms with Crippen molar-refractivity contribution in [3.05, 3.63) is 69.2 Å². The maximum absolute atomic E-state index is 12.5. The number of aryl methyl sites for hydroxylation is 1. The van der Waals surface area contributed by atoms with Gasteiger partial charge in [-0.05, 0) is 30.7 Å². The average Bonchev–Trinajstić information content (AvgIpc) is 2.52. The highest BCUT2D eigenvalue weighted by atomic mass is 35.5. The first-order valence-corrected chi connectivity index (χ1v) is 7.80. The molecule has 23 heavy (non-hydrogen) atoms. The number of ketones is 1. The molecule has 0 N–H and O–H groups in total. The van der Waals surface area contributed by atoms with Crippen LogP contribution in [-0.4, -0.2) is 18.9 Å². The molecule has 0 unspecified atom stereocenters. The number of halogens is 2. The zero-order valence-electron chi connectivity index (χ0n) is 12.8. The largest absolute Gasteiger partial charge is 0.469 e. The van der Waals surface area contributed by atoms with Gasteiger partial charge in [0, 0.05) is 22.0 Å². The topological polar surface area (TPSA) is 43.4 Å². The second-order valence-corrected chi connectivity index (χ2v) is 6.08. The molecule has 120 valence electrons. The predicted molar refractivity (Wildman–Crippen MR) is 91.3 cm³/mol. The van der Waals surface area contributed by atoms with Gasteiger partial charge < -0.3 is 4.74 Å². The molecule has 0 aliphatic heterocycles. The lowest BCUT2D eigenvalue weighted by atomic mass is 9.91. The van der Waals surface area contributed by atoms with Gasteiger partial charge >= 0.3 is 5.97 Å². The molecule has 0 heterocycles. The van der Waals surface area contributed by atoms with E-state index in [1.165, 1.54) is 7.11 Å². The number of Topliss-reactive ketones (excluding diaryl/α,β-unsaturated/α-hetero) is 1. The van der Waals surface area contributed by atoms with Crippen molar-refractivity contribution >= 4 is 35.0 Å². The number of hydrogen-bond donors (Lipinski definition) is 0. The number of carbonyl (C=O) groups excluding carboxylic acids is 2. The summed E-state index contributed by atoms with van der Waals surface area (Å²) in [5.41, 5.74) is 2.07. The maximum Gasteiger partial charge on any atom is 0.313 e. The quantitative estimate of drug-likeness (QED) is 0.572. The number of carbonyl (C=O) groups is 2.